The fourth-order valence-electron chi connectivity index (χ4n) is 2.44. The van der Waals surface area contributed by atoms with E-state index in [1.54, 1.807) is 17.9 Å². The predicted octanol–water partition coefficient (Wildman–Crippen LogP) is 2.67. The summed E-state index contributed by atoms with van der Waals surface area (Å²) in [5.74, 6) is -0.198. The van der Waals surface area contributed by atoms with Crippen LogP contribution >= 0.6 is 0 Å². The lowest BCUT2D eigenvalue weighted by Gasteiger charge is -2.35. The Balaban J connectivity index is 2.20. The Labute approximate surface area is 123 Å². The molecule has 0 bridgehead atoms. The SMILES string of the molecule is Cc1ccc([N+](=O)[O-])cc1C(=O)N1CCC(C)(C#N)CC1. The number of likely N-dealkylation sites (tertiary alicyclic amines) is 1. The van der Waals surface area contributed by atoms with Gasteiger partial charge in [-0.25, -0.2) is 0 Å². The molecule has 0 saturated carbocycles. The first-order valence-corrected chi connectivity index (χ1v) is 6.82. The molecule has 21 heavy (non-hydrogen) atoms. The predicted molar refractivity (Wildman–Crippen MR) is 76.7 cm³/mol. The summed E-state index contributed by atoms with van der Waals surface area (Å²) < 4.78 is 0. The van der Waals surface area contributed by atoms with Crippen molar-refractivity contribution in [3.05, 3.63) is 39.4 Å². The zero-order valence-corrected chi connectivity index (χ0v) is 12.1. The quantitative estimate of drug-likeness (QED) is 0.618. The molecule has 1 fully saturated rings. The molecule has 2 rings (SSSR count). The summed E-state index contributed by atoms with van der Waals surface area (Å²) in [5.41, 5.74) is 0.626. The highest BCUT2D eigenvalue weighted by Gasteiger charge is 2.32. The number of benzene rings is 1. The molecule has 0 aromatic heterocycles. The van der Waals surface area contributed by atoms with Gasteiger partial charge in [0.25, 0.3) is 11.6 Å². The van der Waals surface area contributed by atoms with Crippen LogP contribution in [0.25, 0.3) is 0 Å². The number of nitro benzene ring substituents is 1. The maximum absolute atomic E-state index is 12.5. The molecule has 0 radical (unpaired) electrons. The highest BCUT2D eigenvalue weighted by molar-refractivity contribution is 5.96. The second-order valence-electron chi connectivity index (χ2n) is 5.72. The molecule has 1 heterocycles. The van der Waals surface area contributed by atoms with Crippen molar-refractivity contribution in [3.8, 4) is 6.07 Å². The van der Waals surface area contributed by atoms with Crippen molar-refractivity contribution < 1.29 is 9.72 Å². The van der Waals surface area contributed by atoms with Crippen LogP contribution in [0.5, 0.6) is 0 Å². The Morgan fingerprint density at radius 1 is 1.43 bits per heavy atom. The van der Waals surface area contributed by atoms with Gasteiger partial charge < -0.3 is 4.90 Å². The van der Waals surface area contributed by atoms with E-state index in [0.29, 0.717) is 31.5 Å². The number of nitro groups is 1. The molecular weight excluding hydrogens is 270 g/mol. The lowest BCUT2D eigenvalue weighted by Crippen LogP contribution is -2.41. The summed E-state index contributed by atoms with van der Waals surface area (Å²) in [6, 6.07) is 6.61. The number of carbonyl (C=O) groups is 1. The van der Waals surface area contributed by atoms with Crippen LogP contribution in [0.2, 0.25) is 0 Å². The Hall–Kier alpha value is -2.42. The minimum atomic E-state index is -0.501. The third-order valence-electron chi connectivity index (χ3n) is 4.09. The lowest BCUT2D eigenvalue weighted by molar-refractivity contribution is -0.384. The van der Waals surface area contributed by atoms with Gasteiger partial charge >= 0.3 is 0 Å². The maximum atomic E-state index is 12.5. The largest absolute Gasteiger partial charge is 0.339 e. The molecule has 1 aliphatic rings. The highest BCUT2D eigenvalue weighted by atomic mass is 16.6. The Bertz CT molecular complexity index is 626. The van der Waals surface area contributed by atoms with Crippen LogP contribution in [0.1, 0.15) is 35.7 Å². The zero-order chi connectivity index (χ0) is 15.6. The summed E-state index contributed by atoms with van der Waals surface area (Å²) in [5, 5.41) is 19.9. The number of nitrogens with zero attached hydrogens (tertiary/aromatic N) is 3. The van der Waals surface area contributed by atoms with E-state index in [1.165, 1.54) is 12.1 Å². The number of rotatable bonds is 2. The average Bonchev–Trinajstić information content (AvgIpc) is 2.47. The van der Waals surface area contributed by atoms with Crippen LogP contribution in [0.3, 0.4) is 0 Å². The normalized spacial score (nSPS) is 17.1. The van der Waals surface area contributed by atoms with Crippen LogP contribution in [0, 0.1) is 33.8 Å². The molecule has 1 aromatic carbocycles. The van der Waals surface area contributed by atoms with Crippen molar-refractivity contribution in [1.29, 1.82) is 5.26 Å². The van der Waals surface area contributed by atoms with E-state index in [1.807, 2.05) is 6.92 Å². The molecule has 1 amide bonds. The number of piperidine rings is 1. The minimum Gasteiger partial charge on any atom is -0.339 e. The van der Waals surface area contributed by atoms with E-state index in [9.17, 15) is 14.9 Å². The van der Waals surface area contributed by atoms with Crippen molar-refractivity contribution in [3.63, 3.8) is 0 Å². The van der Waals surface area contributed by atoms with Crippen molar-refractivity contribution in [2.75, 3.05) is 13.1 Å². The Kier molecular flexibility index (Phi) is 3.94. The number of carbonyl (C=O) groups excluding carboxylic acids is 1. The number of aryl methyl sites for hydroxylation is 1. The van der Waals surface area contributed by atoms with Gasteiger partial charge in [0.15, 0.2) is 0 Å². The van der Waals surface area contributed by atoms with Gasteiger partial charge in [-0.3, -0.25) is 14.9 Å². The van der Waals surface area contributed by atoms with Gasteiger partial charge in [0.05, 0.1) is 16.4 Å². The van der Waals surface area contributed by atoms with E-state index >= 15 is 0 Å². The van der Waals surface area contributed by atoms with E-state index in [0.717, 1.165) is 5.56 Å². The second-order valence-corrected chi connectivity index (χ2v) is 5.72. The average molecular weight is 287 g/mol. The summed E-state index contributed by atoms with van der Waals surface area (Å²) in [4.78, 5) is 24.5. The zero-order valence-electron chi connectivity index (χ0n) is 12.1. The fourth-order valence-corrected chi connectivity index (χ4v) is 2.44. The number of amides is 1. The lowest BCUT2D eigenvalue weighted by atomic mass is 9.82. The molecule has 6 nitrogen and oxygen atoms in total. The third kappa shape index (κ3) is 3.02. The van der Waals surface area contributed by atoms with Crippen molar-refractivity contribution in [2.45, 2.75) is 26.7 Å². The molecule has 0 N–H and O–H groups in total. The summed E-state index contributed by atoms with van der Waals surface area (Å²) in [6.07, 6.45) is 1.26. The first kappa shape index (κ1) is 15.0. The summed E-state index contributed by atoms with van der Waals surface area (Å²) in [6.45, 7) is 4.67. The van der Waals surface area contributed by atoms with Gasteiger partial charge in [0, 0.05) is 30.8 Å². The van der Waals surface area contributed by atoms with Crippen LogP contribution < -0.4 is 0 Å². The van der Waals surface area contributed by atoms with Gasteiger partial charge in [0.2, 0.25) is 0 Å². The maximum Gasteiger partial charge on any atom is 0.270 e. The van der Waals surface area contributed by atoms with Crippen LogP contribution in [0.4, 0.5) is 5.69 Å². The van der Waals surface area contributed by atoms with Crippen LogP contribution in [-0.2, 0) is 0 Å². The van der Waals surface area contributed by atoms with Crippen molar-refractivity contribution in [2.24, 2.45) is 5.41 Å². The molecule has 1 aliphatic heterocycles. The molecule has 6 heteroatoms. The van der Waals surface area contributed by atoms with Gasteiger partial charge in [-0.1, -0.05) is 6.07 Å². The first-order valence-electron chi connectivity index (χ1n) is 6.82. The number of non-ortho nitro benzene ring substituents is 1. The Morgan fingerprint density at radius 2 is 2.05 bits per heavy atom. The van der Waals surface area contributed by atoms with E-state index < -0.39 is 4.92 Å². The fraction of sp³-hybridized carbons (Fsp3) is 0.467. The smallest absolute Gasteiger partial charge is 0.270 e. The standard InChI is InChI=1S/C15H17N3O3/c1-11-3-4-12(18(20)21)9-13(11)14(19)17-7-5-15(2,10-16)6-8-17/h3-4,9H,5-8H2,1-2H3. The Morgan fingerprint density at radius 3 is 2.57 bits per heavy atom. The van der Waals surface area contributed by atoms with Crippen molar-refractivity contribution in [1.82, 2.24) is 4.90 Å². The van der Waals surface area contributed by atoms with E-state index in [-0.39, 0.29) is 17.0 Å². The molecule has 0 atom stereocenters. The number of nitriles is 1. The second kappa shape index (κ2) is 5.52. The van der Waals surface area contributed by atoms with Crippen LogP contribution in [0.15, 0.2) is 18.2 Å². The number of hydrogen-bond acceptors (Lipinski definition) is 4. The van der Waals surface area contributed by atoms with E-state index in [2.05, 4.69) is 6.07 Å². The molecule has 0 spiro atoms. The van der Waals surface area contributed by atoms with Gasteiger partial charge in [-0.15, -0.1) is 0 Å². The van der Waals surface area contributed by atoms with Gasteiger partial charge in [-0.05, 0) is 32.3 Å². The molecule has 0 aliphatic carbocycles. The molecule has 0 unspecified atom stereocenters. The third-order valence-corrected chi connectivity index (χ3v) is 4.09. The summed E-state index contributed by atoms with van der Waals surface area (Å²) in [7, 11) is 0. The molecule has 110 valence electrons. The highest BCUT2D eigenvalue weighted by Crippen LogP contribution is 2.31. The molecule has 1 saturated heterocycles. The molecule has 1 aromatic rings. The first-order chi connectivity index (χ1) is 9.86. The van der Waals surface area contributed by atoms with E-state index in [4.69, 9.17) is 5.26 Å². The van der Waals surface area contributed by atoms with Crippen LogP contribution in [-0.4, -0.2) is 28.8 Å². The number of hydrogen-bond donors (Lipinski definition) is 0. The topological polar surface area (TPSA) is 87.2 Å². The summed E-state index contributed by atoms with van der Waals surface area (Å²) >= 11 is 0. The van der Waals surface area contributed by atoms with Gasteiger partial charge in [-0.2, -0.15) is 5.26 Å². The van der Waals surface area contributed by atoms with Gasteiger partial charge in [0.1, 0.15) is 0 Å². The monoisotopic (exact) mass is 287 g/mol. The minimum absolute atomic E-state index is 0.0807. The molecular formula is C15H17N3O3. The van der Waals surface area contributed by atoms with Crippen molar-refractivity contribution >= 4 is 11.6 Å².